The van der Waals surface area contributed by atoms with Crippen LogP contribution in [0.2, 0.25) is 0 Å². The normalized spacial score (nSPS) is 10.3. The standard InChI is InChI=1S/C13H20N2O3/c1-2-18-13(17)6-4-3-5-9-15-10-11(14)7-8-12(15)16/h7-8,10H,2-6,9,14H2,1H3. The van der Waals surface area contributed by atoms with Gasteiger partial charge in [-0.15, -0.1) is 0 Å². The molecule has 18 heavy (non-hydrogen) atoms. The van der Waals surface area contributed by atoms with Gasteiger partial charge in [0.25, 0.3) is 5.56 Å². The molecule has 0 fully saturated rings. The molecule has 0 spiro atoms. The molecule has 0 aliphatic carbocycles. The number of aromatic nitrogens is 1. The van der Waals surface area contributed by atoms with Gasteiger partial charge >= 0.3 is 5.97 Å². The molecule has 2 N–H and O–H groups in total. The third kappa shape index (κ3) is 5.03. The number of carbonyl (C=O) groups excluding carboxylic acids is 1. The van der Waals surface area contributed by atoms with Gasteiger partial charge in [-0.3, -0.25) is 9.59 Å². The van der Waals surface area contributed by atoms with Crippen LogP contribution in [0.1, 0.15) is 32.6 Å². The molecule has 0 saturated heterocycles. The summed E-state index contributed by atoms with van der Waals surface area (Å²) < 4.78 is 6.43. The SMILES string of the molecule is CCOC(=O)CCCCCn1cc(N)ccc1=O. The zero-order chi connectivity index (χ0) is 13.4. The minimum Gasteiger partial charge on any atom is -0.466 e. The smallest absolute Gasteiger partial charge is 0.305 e. The zero-order valence-corrected chi connectivity index (χ0v) is 10.7. The number of unbranched alkanes of at least 4 members (excludes halogenated alkanes) is 2. The molecular formula is C13H20N2O3. The van der Waals surface area contributed by atoms with Crippen LogP contribution in [0.3, 0.4) is 0 Å². The molecule has 0 bridgehead atoms. The van der Waals surface area contributed by atoms with Crippen molar-refractivity contribution < 1.29 is 9.53 Å². The van der Waals surface area contributed by atoms with E-state index >= 15 is 0 Å². The molecular weight excluding hydrogens is 232 g/mol. The molecule has 1 heterocycles. The Labute approximate surface area is 107 Å². The van der Waals surface area contributed by atoms with Gasteiger partial charge in [-0.05, 0) is 25.8 Å². The highest BCUT2D eigenvalue weighted by Gasteiger charge is 2.01. The number of nitrogens with two attached hydrogens (primary N) is 1. The summed E-state index contributed by atoms with van der Waals surface area (Å²) in [5.41, 5.74) is 6.15. The highest BCUT2D eigenvalue weighted by atomic mass is 16.5. The Morgan fingerprint density at radius 1 is 1.33 bits per heavy atom. The zero-order valence-electron chi connectivity index (χ0n) is 10.7. The van der Waals surface area contributed by atoms with Crippen LogP contribution < -0.4 is 11.3 Å². The first-order chi connectivity index (χ1) is 8.63. The van der Waals surface area contributed by atoms with Crippen molar-refractivity contribution in [1.29, 1.82) is 0 Å². The number of pyridine rings is 1. The maximum Gasteiger partial charge on any atom is 0.305 e. The third-order valence-corrected chi connectivity index (χ3v) is 2.59. The number of aryl methyl sites for hydroxylation is 1. The lowest BCUT2D eigenvalue weighted by Gasteiger charge is -2.06. The molecule has 5 heteroatoms. The molecule has 0 unspecified atom stereocenters. The van der Waals surface area contributed by atoms with Crippen molar-refractivity contribution >= 4 is 11.7 Å². The number of nitrogens with zero attached hydrogens (tertiary/aromatic N) is 1. The topological polar surface area (TPSA) is 74.3 Å². The van der Waals surface area contributed by atoms with Gasteiger partial charge in [0.05, 0.1) is 6.61 Å². The molecule has 0 aliphatic rings. The Morgan fingerprint density at radius 3 is 2.83 bits per heavy atom. The number of anilines is 1. The number of esters is 1. The van der Waals surface area contributed by atoms with Gasteiger partial charge in [0.15, 0.2) is 0 Å². The van der Waals surface area contributed by atoms with Crippen LogP contribution >= 0.6 is 0 Å². The van der Waals surface area contributed by atoms with Gasteiger partial charge in [-0.2, -0.15) is 0 Å². The molecule has 5 nitrogen and oxygen atoms in total. The Balaban J connectivity index is 2.24. The number of ether oxygens (including phenoxy) is 1. The van der Waals surface area contributed by atoms with E-state index in [-0.39, 0.29) is 11.5 Å². The summed E-state index contributed by atoms with van der Waals surface area (Å²) in [6.07, 6.45) is 4.62. The lowest BCUT2D eigenvalue weighted by Crippen LogP contribution is -2.18. The largest absolute Gasteiger partial charge is 0.466 e. The minimum atomic E-state index is -0.154. The predicted molar refractivity (Wildman–Crippen MR) is 70.2 cm³/mol. The quantitative estimate of drug-likeness (QED) is 0.590. The fourth-order valence-electron chi connectivity index (χ4n) is 1.69. The number of carbonyl (C=O) groups is 1. The first-order valence-electron chi connectivity index (χ1n) is 6.25. The Kier molecular flexibility index (Phi) is 5.97. The van der Waals surface area contributed by atoms with Crippen LogP contribution in [0.5, 0.6) is 0 Å². The van der Waals surface area contributed by atoms with Gasteiger partial charge < -0.3 is 15.0 Å². The maximum absolute atomic E-state index is 11.5. The summed E-state index contributed by atoms with van der Waals surface area (Å²) >= 11 is 0. The van der Waals surface area contributed by atoms with E-state index in [2.05, 4.69) is 0 Å². The lowest BCUT2D eigenvalue weighted by atomic mass is 10.2. The van der Waals surface area contributed by atoms with E-state index in [4.69, 9.17) is 10.5 Å². The molecule has 0 radical (unpaired) electrons. The highest BCUT2D eigenvalue weighted by molar-refractivity contribution is 5.69. The second-order valence-electron chi connectivity index (χ2n) is 4.11. The van der Waals surface area contributed by atoms with Gasteiger partial charge in [0.2, 0.25) is 0 Å². The predicted octanol–water partition coefficient (Wildman–Crippen LogP) is 1.55. The summed E-state index contributed by atoms with van der Waals surface area (Å²) in [6, 6.07) is 3.06. The second-order valence-corrected chi connectivity index (χ2v) is 4.11. The molecule has 0 amide bonds. The summed E-state index contributed by atoms with van der Waals surface area (Å²) in [5.74, 6) is -0.154. The van der Waals surface area contributed by atoms with Crippen LogP contribution in [0.15, 0.2) is 23.1 Å². The molecule has 1 aromatic rings. The van der Waals surface area contributed by atoms with Gasteiger partial charge in [-0.25, -0.2) is 0 Å². The van der Waals surface area contributed by atoms with Crippen molar-refractivity contribution in [3.8, 4) is 0 Å². The van der Waals surface area contributed by atoms with Crippen LogP contribution in [-0.4, -0.2) is 17.1 Å². The average molecular weight is 252 g/mol. The fourth-order valence-corrected chi connectivity index (χ4v) is 1.69. The molecule has 100 valence electrons. The molecule has 0 aromatic carbocycles. The van der Waals surface area contributed by atoms with E-state index in [1.807, 2.05) is 0 Å². The van der Waals surface area contributed by atoms with E-state index in [1.54, 1.807) is 23.8 Å². The van der Waals surface area contributed by atoms with E-state index in [0.717, 1.165) is 19.3 Å². The minimum absolute atomic E-state index is 0.0467. The summed E-state index contributed by atoms with van der Waals surface area (Å²) in [6.45, 7) is 2.86. The number of hydrogen-bond donors (Lipinski definition) is 1. The number of rotatable bonds is 7. The highest BCUT2D eigenvalue weighted by Crippen LogP contribution is 2.04. The van der Waals surface area contributed by atoms with Crippen molar-refractivity contribution in [1.82, 2.24) is 4.57 Å². The maximum atomic E-state index is 11.5. The van der Waals surface area contributed by atoms with Crippen molar-refractivity contribution in [3.63, 3.8) is 0 Å². The molecule has 1 aromatic heterocycles. The number of hydrogen-bond acceptors (Lipinski definition) is 4. The van der Waals surface area contributed by atoms with Crippen LogP contribution in [-0.2, 0) is 16.1 Å². The van der Waals surface area contributed by atoms with Crippen molar-refractivity contribution in [3.05, 3.63) is 28.7 Å². The fraction of sp³-hybridized carbons (Fsp3) is 0.538. The van der Waals surface area contributed by atoms with Gasteiger partial charge in [0, 0.05) is 30.9 Å². The Bertz CT molecular complexity index is 440. The molecule has 0 aliphatic heterocycles. The molecule has 0 saturated carbocycles. The average Bonchev–Trinajstić information content (AvgIpc) is 2.33. The Hall–Kier alpha value is -1.78. The van der Waals surface area contributed by atoms with E-state index in [1.165, 1.54) is 6.07 Å². The monoisotopic (exact) mass is 252 g/mol. The van der Waals surface area contributed by atoms with Gasteiger partial charge in [0.1, 0.15) is 0 Å². The lowest BCUT2D eigenvalue weighted by molar-refractivity contribution is -0.143. The summed E-state index contributed by atoms with van der Waals surface area (Å²) in [4.78, 5) is 22.5. The summed E-state index contributed by atoms with van der Waals surface area (Å²) in [5, 5.41) is 0. The molecule has 1 rings (SSSR count). The number of nitrogen functional groups attached to an aromatic ring is 1. The Morgan fingerprint density at radius 2 is 2.11 bits per heavy atom. The summed E-state index contributed by atoms with van der Waals surface area (Å²) in [7, 11) is 0. The van der Waals surface area contributed by atoms with Crippen LogP contribution in [0.4, 0.5) is 5.69 Å². The van der Waals surface area contributed by atoms with Crippen molar-refractivity contribution in [2.75, 3.05) is 12.3 Å². The van der Waals surface area contributed by atoms with Crippen molar-refractivity contribution in [2.24, 2.45) is 0 Å². The first-order valence-corrected chi connectivity index (χ1v) is 6.25. The first kappa shape index (κ1) is 14.3. The second kappa shape index (κ2) is 7.53. The van der Waals surface area contributed by atoms with Crippen molar-refractivity contribution in [2.45, 2.75) is 39.2 Å². The van der Waals surface area contributed by atoms with Crippen LogP contribution in [0, 0.1) is 0 Å². The third-order valence-electron chi connectivity index (χ3n) is 2.59. The van der Waals surface area contributed by atoms with E-state index in [9.17, 15) is 9.59 Å². The van der Waals surface area contributed by atoms with E-state index < -0.39 is 0 Å². The van der Waals surface area contributed by atoms with Gasteiger partial charge in [-0.1, -0.05) is 6.42 Å². The van der Waals surface area contributed by atoms with E-state index in [0.29, 0.717) is 25.3 Å². The van der Waals surface area contributed by atoms with Crippen LogP contribution in [0.25, 0.3) is 0 Å². The molecule has 0 atom stereocenters.